The van der Waals surface area contributed by atoms with Crippen LogP contribution in [0.15, 0.2) is 24.3 Å². The summed E-state index contributed by atoms with van der Waals surface area (Å²) in [5.41, 5.74) is 0.284. The molecule has 1 aromatic carbocycles. The summed E-state index contributed by atoms with van der Waals surface area (Å²) in [5.74, 6) is -1.31. The first-order valence-corrected chi connectivity index (χ1v) is 6.22. The number of hydrogen-bond donors (Lipinski definition) is 0. The Balaban J connectivity index is 2.05. The fourth-order valence-electron chi connectivity index (χ4n) is 2.10. The van der Waals surface area contributed by atoms with Gasteiger partial charge in [0.2, 0.25) is 5.91 Å². The van der Waals surface area contributed by atoms with Crippen molar-refractivity contribution in [2.45, 2.75) is 12.3 Å². The monoisotopic (exact) mass is 262 g/mol. The van der Waals surface area contributed by atoms with Crippen molar-refractivity contribution in [1.29, 1.82) is 5.26 Å². The van der Waals surface area contributed by atoms with Gasteiger partial charge in [0.05, 0.1) is 25.2 Å². The van der Waals surface area contributed by atoms with Gasteiger partial charge in [-0.15, -0.1) is 0 Å². The van der Waals surface area contributed by atoms with E-state index >= 15 is 0 Å². The molecule has 0 spiro atoms. The second-order valence-corrected chi connectivity index (χ2v) is 4.40. The molecule has 4 nitrogen and oxygen atoms in total. The third kappa shape index (κ3) is 3.30. The van der Waals surface area contributed by atoms with Crippen molar-refractivity contribution in [3.8, 4) is 6.07 Å². The molecule has 1 aliphatic rings. The molecular weight excluding hydrogens is 247 g/mol. The lowest BCUT2D eigenvalue weighted by Gasteiger charge is -2.27. The van der Waals surface area contributed by atoms with Gasteiger partial charge in [-0.3, -0.25) is 4.79 Å². The van der Waals surface area contributed by atoms with Crippen LogP contribution in [-0.2, 0) is 9.53 Å². The van der Waals surface area contributed by atoms with Crippen LogP contribution in [0.4, 0.5) is 4.39 Å². The number of morpholine rings is 1. The lowest BCUT2D eigenvalue weighted by Crippen LogP contribution is -2.41. The average molecular weight is 262 g/mol. The Morgan fingerprint density at radius 2 is 2.11 bits per heavy atom. The summed E-state index contributed by atoms with van der Waals surface area (Å²) in [4.78, 5) is 13.7. The first kappa shape index (κ1) is 13.5. The zero-order valence-corrected chi connectivity index (χ0v) is 10.5. The van der Waals surface area contributed by atoms with E-state index in [1.54, 1.807) is 23.1 Å². The molecular formula is C14H15FN2O2. The minimum absolute atomic E-state index is 0.0113. The zero-order valence-electron chi connectivity index (χ0n) is 10.5. The van der Waals surface area contributed by atoms with Gasteiger partial charge in [-0.2, -0.15) is 5.26 Å². The van der Waals surface area contributed by atoms with Crippen LogP contribution < -0.4 is 0 Å². The van der Waals surface area contributed by atoms with Crippen LogP contribution in [0, 0.1) is 17.1 Å². The standard InChI is InChI=1S/C14H15FN2O2/c15-13-4-2-1-3-12(13)11(10-16)9-14(18)17-5-7-19-8-6-17/h1-4,11H,5-9H2. The van der Waals surface area contributed by atoms with Crippen LogP contribution in [0.1, 0.15) is 17.9 Å². The molecule has 1 heterocycles. The third-order valence-corrected chi connectivity index (χ3v) is 3.18. The van der Waals surface area contributed by atoms with E-state index in [1.165, 1.54) is 6.07 Å². The van der Waals surface area contributed by atoms with Crippen molar-refractivity contribution >= 4 is 5.91 Å². The number of benzene rings is 1. The van der Waals surface area contributed by atoms with E-state index in [1.807, 2.05) is 6.07 Å². The molecule has 1 unspecified atom stereocenters. The van der Waals surface area contributed by atoms with Crippen LogP contribution >= 0.6 is 0 Å². The Morgan fingerprint density at radius 1 is 1.42 bits per heavy atom. The summed E-state index contributed by atoms with van der Waals surface area (Å²) in [5, 5.41) is 9.14. The van der Waals surface area contributed by atoms with Crippen molar-refractivity contribution in [1.82, 2.24) is 4.90 Å². The Labute approximate surface area is 111 Å². The second kappa shape index (κ2) is 6.30. The molecule has 0 aromatic heterocycles. The lowest BCUT2D eigenvalue weighted by molar-refractivity contribution is -0.135. The number of nitriles is 1. The van der Waals surface area contributed by atoms with Crippen LogP contribution in [-0.4, -0.2) is 37.1 Å². The van der Waals surface area contributed by atoms with Crippen molar-refractivity contribution in [3.63, 3.8) is 0 Å². The first-order chi connectivity index (χ1) is 9.22. The minimum Gasteiger partial charge on any atom is -0.378 e. The quantitative estimate of drug-likeness (QED) is 0.832. The molecule has 2 rings (SSSR count). The number of nitrogens with zero attached hydrogens (tertiary/aromatic N) is 2. The number of amides is 1. The number of rotatable bonds is 3. The normalized spacial score (nSPS) is 16.7. The van der Waals surface area contributed by atoms with Crippen LogP contribution in [0.5, 0.6) is 0 Å². The molecule has 1 atom stereocenters. The third-order valence-electron chi connectivity index (χ3n) is 3.18. The first-order valence-electron chi connectivity index (χ1n) is 6.22. The molecule has 1 aromatic rings. The van der Waals surface area contributed by atoms with E-state index in [4.69, 9.17) is 10.00 Å². The number of ether oxygens (including phenoxy) is 1. The number of carbonyl (C=O) groups is 1. The Kier molecular flexibility index (Phi) is 4.48. The van der Waals surface area contributed by atoms with E-state index in [0.29, 0.717) is 26.3 Å². The predicted octanol–water partition coefficient (Wildman–Crippen LogP) is 1.68. The molecule has 0 N–H and O–H groups in total. The minimum atomic E-state index is -0.739. The highest BCUT2D eigenvalue weighted by molar-refractivity contribution is 5.77. The maximum Gasteiger partial charge on any atom is 0.224 e. The summed E-state index contributed by atoms with van der Waals surface area (Å²) in [6.07, 6.45) is 0.0113. The molecule has 1 saturated heterocycles. The lowest BCUT2D eigenvalue weighted by atomic mass is 9.96. The summed E-state index contributed by atoms with van der Waals surface area (Å²) >= 11 is 0. The highest BCUT2D eigenvalue weighted by atomic mass is 19.1. The Hall–Kier alpha value is -1.93. The molecule has 0 bridgehead atoms. The van der Waals surface area contributed by atoms with Crippen molar-refractivity contribution < 1.29 is 13.9 Å². The molecule has 5 heteroatoms. The SMILES string of the molecule is N#CC(CC(=O)N1CCOCC1)c1ccccc1F. The van der Waals surface area contributed by atoms with Crippen LogP contribution in [0.2, 0.25) is 0 Å². The summed E-state index contributed by atoms with van der Waals surface area (Å²) < 4.78 is 18.8. The fraction of sp³-hybridized carbons (Fsp3) is 0.429. The van der Waals surface area contributed by atoms with Gasteiger partial charge < -0.3 is 9.64 Å². The van der Waals surface area contributed by atoms with Crippen molar-refractivity contribution in [2.75, 3.05) is 26.3 Å². The van der Waals surface area contributed by atoms with E-state index < -0.39 is 11.7 Å². The molecule has 1 fully saturated rings. The van der Waals surface area contributed by atoms with Crippen molar-refractivity contribution in [2.24, 2.45) is 0 Å². The number of carbonyl (C=O) groups excluding carboxylic acids is 1. The fourth-order valence-corrected chi connectivity index (χ4v) is 2.10. The van der Waals surface area contributed by atoms with Gasteiger partial charge in [-0.05, 0) is 6.07 Å². The molecule has 0 saturated carbocycles. The van der Waals surface area contributed by atoms with E-state index in [0.717, 1.165) is 0 Å². The molecule has 1 amide bonds. The molecule has 100 valence electrons. The number of hydrogen-bond acceptors (Lipinski definition) is 3. The summed E-state index contributed by atoms with van der Waals surface area (Å²) in [6, 6.07) is 8.10. The van der Waals surface area contributed by atoms with Gasteiger partial charge in [-0.25, -0.2) is 4.39 Å². The second-order valence-electron chi connectivity index (χ2n) is 4.40. The van der Waals surface area contributed by atoms with E-state index in [-0.39, 0.29) is 17.9 Å². The van der Waals surface area contributed by atoms with Gasteiger partial charge in [0, 0.05) is 25.1 Å². The van der Waals surface area contributed by atoms with E-state index in [2.05, 4.69) is 0 Å². The molecule has 1 aliphatic heterocycles. The van der Waals surface area contributed by atoms with Gasteiger partial charge in [0.15, 0.2) is 0 Å². The highest BCUT2D eigenvalue weighted by Crippen LogP contribution is 2.22. The van der Waals surface area contributed by atoms with Gasteiger partial charge >= 0.3 is 0 Å². The van der Waals surface area contributed by atoms with Gasteiger partial charge in [0.1, 0.15) is 5.82 Å². The molecule has 19 heavy (non-hydrogen) atoms. The predicted molar refractivity (Wildman–Crippen MR) is 66.8 cm³/mol. The largest absolute Gasteiger partial charge is 0.378 e. The van der Waals surface area contributed by atoms with E-state index in [9.17, 15) is 9.18 Å². The highest BCUT2D eigenvalue weighted by Gasteiger charge is 2.23. The molecule has 0 aliphatic carbocycles. The topological polar surface area (TPSA) is 53.3 Å². The van der Waals surface area contributed by atoms with Gasteiger partial charge in [-0.1, -0.05) is 18.2 Å². The number of halogens is 1. The van der Waals surface area contributed by atoms with Crippen molar-refractivity contribution in [3.05, 3.63) is 35.6 Å². The molecule has 0 radical (unpaired) electrons. The smallest absolute Gasteiger partial charge is 0.224 e. The average Bonchev–Trinajstić information content (AvgIpc) is 2.46. The van der Waals surface area contributed by atoms with Crippen LogP contribution in [0.3, 0.4) is 0 Å². The van der Waals surface area contributed by atoms with Crippen LogP contribution in [0.25, 0.3) is 0 Å². The van der Waals surface area contributed by atoms with Gasteiger partial charge in [0.25, 0.3) is 0 Å². The maximum atomic E-state index is 13.6. The zero-order chi connectivity index (χ0) is 13.7. The summed E-state index contributed by atoms with van der Waals surface area (Å²) in [6.45, 7) is 2.10. The summed E-state index contributed by atoms with van der Waals surface area (Å²) in [7, 11) is 0. The Bertz CT molecular complexity index is 492. The Morgan fingerprint density at radius 3 is 2.74 bits per heavy atom. The maximum absolute atomic E-state index is 13.6.